The smallest absolute Gasteiger partial charge is 0.248 e. The molecule has 4 aromatic rings. The molecule has 0 saturated carbocycles. The molecule has 0 aliphatic heterocycles. The summed E-state index contributed by atoms with van der Waals surface area (Å²) in [6, 6.07) is 14.0. The second kappa shape index (κ2) is 7.35. The number of primary amides is 1. The number of hydrogen-bond acceptors (Lipinski definition) is 3. The highest BCUT2D eigenvalue weighted by Gasteiger charge is 2.16. The van der Waals surface area contributed by atoms with E-state index in [0.717, 1.165) is 17.0 Å². The van der Waals surface area contributed by atoms with E-state index >= 15 is 0 Å². The molecule has 0 bridgehead atoms. The van der Waals surface area contributed by atoms with Crippen molar-refractivity contribution in [3.05, 3.63) is 89.2 Å². The van der Waals surface area contributed by atoms with Crippen LogP contribution in [-0.4, -0.2) is 15.3 Å². The van der Waals surface area contributed by atoms with Crippen LogP contribution in [0.1, 0.15) is 21.6 Å². The zero-order valence-corrected chi connectivity index (χ0v) is 15.5. The Bertz CT molecular complexity index is 1200. The summed E-state index contributed by atoms with van der Waals surface area (Å²) < 4.78 is 35.3. The van der Waals surface area contributed by atoms with Gasteiger partial charge in [-0.15, -0.1) is 0 Å². The van der Waals surface area contributed by atoms with Crippen LogP contribution < -0.4 is 10.5 Å². The summed E-state index contributed by atoms with van der Waals surface area (Å²) >= 11 is 0. The van der Waals surface area contributed by atoms with Crippen LogP contribution in [0.25, 0.3) is 16.9 Å². The fourth-order valence-electron chi connectivity index (χ4n) is 3.23. The molecule has 0 radical (unpaired) electrons. The van der Waals surface area contributed by atoms with Gasteiger partial charge in [0.05, 0.1) is 17.0 Å². The predicted octanol–water partition coefficient (Wildman–Crippen LogP) is 4.27. The third kappa shape index (κ3) is 3.42. The number of aromatic nitrogens is 2. The minimum Gasteiger partial charge on any atom is -0.485 e. The zero-order chi connectivity index (χ0) is 20.5. The van der Waals surface area contributed by atoms with Crippen molar-refractivity contribution in [1.82, 2.24) is 9.38 Å². The van der Waals surface area contributed by atoms with Crippen molar-refractivity contribution in [2.45, 2.75) is 13.5 Å². The minimum absolute atomic E-state index is 0.139. The van der Waals surface area contributed by atoms with Gasteiger partial charge in [0.1, 0.15) is 18.2 Å². The molecule has 7 heteroatoms. The number of imidazole rings is 1. The summed E-state index contributed by atoms with van der Waals surface area (Å²) in [5, 5.41) is 0. The number of rotatable bonds is 5. The van der Waals surface area contributed by atoms with Crippen LogP contribution in [-0.2, 0) is 6.61 Å². The number of hydrogen-bond donors (Lipinski definition) is 1. The van der Waals surface area contributed by atoms with Crippen LogP contribution in [0.5, 0.6) is 5.75 Å². The standard InChI is InChI=1S/C22H17F2N3O2/c1-13-20(14-7-9-15(10-8-14)21(25)28)27-11-3-6-19(22(27)26-13)29-12-16-17(23)4-2-5-18(16)24/h2-11H,12H2,1H3,(H2,25,28). The first kappa shape index (κ1) is 18.6. The van der Waals surface area contributed by atoms with Gasteiger partial charge in [0.15, 0.2) is 11.4 Å². The van der Waals surface area contributed by atoms with Crippen LogP contribution in [0.15, 0.2) is 60.8 Å². The molecular formula is C22H17F2N3O2. The molecule has 4 rings (SSSR count). The number of pyridine rings is 1. The van der Waals surface area contributed by atoms with Gasteiger partial charge in [-0.2, -0.15) is 0 Å². The van der Waals surface area contributed by atoms with Gasteiger partial charge in [0.25, 0.3) is 0 Å². The molecule has 0 saturated heterocycles. The molecule has 1 amide bonds. The Balaban J connectivity index is 1.71. The van der Waals surface area contributed by atoms with E-state index in [1.807, 2.05) is 17.5 Å². The Hall–Kier alpha value is -3.74. The van der Waals surface area contributed by atoms with E-state index in [0.29, 0.717) is 17.0 Å². The molecule has 2 heterocycles. The monoisotopic (exact) mass is 393 g/mol. The molecule has 29 heavy (non-hydrogen) atoms. The number of fused-ring (bicyclic) bond motifs is 1. The number of carbonyl (C=O) groups is 1. The fraction of sp³-hybridized carbons (Fsp3) is 0.0909. The SMILES string of the molecule is Cc1nc2c(OCc3c(F)cccc3F)cccn2c1-c1ccc(C(N)=O)cc1. The van der Waals surface area contributed by atoms with Crippen molar-refractivity contribution < 1.29 is 18.3 Å². The molecule has 0 unspecified atom stereocenters. The van der Waals surface area contributed by atoms with E-state index in [1.165, 1.54) is 18.2 Å². The second-order valence-corrected chi connectivity index (χ2v) is 6.54. The number of halogens is 2. The summed E-state index contributed by atoms with van der Waals surface area (Å²) in [4.78, 5) is 15.9. The number of nitrogens with zero attached hydrogens (tertiary/aromatic N) is 2. The number of ether oxygens (including phenoxy) is 1. The van der Waals surface area contributed by atoms with Crippen LogP contribution >= 0.6 is 0 Å². The molecular weight excluding hydrogens is 376 g/mol. The first-order valence-electron chi connectivity index (χ1n) is 8.89. The van der Waals surface area contributed by atoms with E-state index in [9.17, 15) is 13.6 Å². The highest BCUT2D eigenvalue weighted by molar-refractivity contribution is 5.93. The molecule has 2 aromatic heterocycles. The predicted molar refractivity (Wildman–Crippen MR) is 105 cm³/mol. The van der Waals surface area contributed by atoms with Gasteiger partial charge in [-0.25, -0.2) is 13.8 Å². The Kier molecular flexibility index (Phi) is 4.72. The fourth-order valence-corrected chi connectivity index (χ4v) is 3.23. The number of amides is 1. The average molecular weight is 393 g/mol. The van der Waals surface area contributed by atoms with Crippen molar-refractivity contribution in [2.24, 2.45) is 5.73 Å². The maximum atomic E-state index is 13.9. The Labute approximate surface area is 165 Å². The molecule has 0 fully saturated rings. The summed E-state index contributed by atoms with van der Waals surface area (Å²) in [7, 11) is 0. The lowest BCUT2D eigenvalue weighted by Gasteiger charge is -2.10. The van der Waals surface area contributed by atoms with Gasteiger partial charge in [0, 0.05) is 17.3 Å². The maximum Gasteiger partial charge on any atom is 0.248 e. The number of aryl methyl sites for hydroxylation is 1. The van der Waals surface area contributed by atoms with E-state index in [2.05, 4.69) is 4.98 Å². The van der Waals surface area contributed by atoms with E-state index in [4.69, 9.17) is 10.5 Å². The number of benzene rings is 2. The normalized spacial score (nSPS) is 11.0. The average Bonchev–Trinajstić information content (AvgIpc) is 3.04. The van der Waals surface area contributed by atoms with Gasteiger partial charge in [-0.3, -0.25) is 9.20 Å². The highest BCUT2D eigenvalue weighted by Crippen LogP contribution is 2.30. The van der Waals surface area contributed by atoms with Crippen molar-refractivity contribution in [3.8, 4) is 17.0 Å². The summed E-state index contributed by atoms with van der Waals surface area (Å²) in [6.45, 7) is 1.59. The lowest BCUT2D eigenvalue weighted by atomic mass is 10.1. The molecule has 2 N–H and O–H groups in total. The van der Waals surface area contributed by atoms with E-state index < -0.39 is 17.5 Å². The highest BCUT2D eigenvalue weighted by atomic mass is 19.1. The topological polar surface area (TPSA) is 69.6 Å². The van der Waals surface area contributed by atoms with Crippen LogP contribution in [0.3, 0.4) is 0 Å². The third-order valence-corrected chi connectivity index (χ3v) is 4.67. The number of nitrogens with two attached hydrogens (primary N) is 1. The van der Waals surface area contributed by atoms with Crippen molar-refractivity contribution in [1.29, 1.82) is 0 Å². The minimum atomic E-state index is -0.660. The van der Waals surface area contributed by atoms with Gasteiger partial charge in [0.2, 0.25) is 5.91 Å². The first-order chi connectivity index (χ1) is 14.0. The Morgan fingerprint density at radius 3 is 2.41 bits per heavy atom. The molecule has 0 atom stereocenters. The molecule has 0 aliphatic carbocycles. The van der Waals surface area contributed by atoms with Crippen LogP contribution in [0, 0.1) is 18.6 Å². The number of carbonyl (C=O) groups excluding carboxylic acids is 1. The molecule has 0 spiro atoms. The van der Waals surface area contributed by atoms with Crippen molar-refractivity contribution in [2.75, 3.05) is 0 Å². The lowest BCUT2D eigenvalue weighted by molar-refractivity contribution is 0.100. The lowest BCUT2D eigenvalue weighted by Crippen LogP contribution is -2.10. The molecule has 146 valence electrons. The molecule has 0 aliphatic rings. The van der Waals surface area contributed by atoms with Crippen molar-refractivity contribution >= 4 is 11.6 Å². The van der Waals surface area contributed by atoms with Crippen molar-refractivity contribution in [3.63, 3.8) is 0 Å². The summed E-state index contributed by atoms with van der Waals surface area (Å²) in [5.41, 5.74) is 8.50. The van der Waals surface area contributed by atoms with Gasteiger partial charge < -0.3 is 10.5 Å². The van der Waals surface area contributed by atoms with E-state index in [1.54, 1.807) is 36.4 Å². The van der Waals surface area contributed by atoms with Crippen LogP contribution in [0.4, 0.5) is 8.78 Å². The van der Waals surface area contributed by atoms with Gasteiger partial charge in [-0.05, 0) is 43.3 Å². The maximum absolute atomic E-state index is 13.9. The van der Waals surface area contributed by atoms with Gasteiger partial charge >= 0.3 is 0 Å². The quantitative estimate of drug-likeness (QED) is 0.551. The summed E-state index contributed by atoms with van der Waals surface area (Å²) in [5.74, 6) is -1.42. The first-order valence-corrected chi connectivity index (χ1v) is 8.89. The third-order valence-electron chi connectivity index (χ3n) is 4.67. The van der Waals surface area contributed by atoms with E-state index in [-0.39, 0.29) is 12.2 Å². The second-order valence-electron chi connectivity index (χ2n) is 6.54. The molecule has 2 aromatic carbocycles. The largest absolute Gasteiger partial charge is 0.485 e. The Morgan fingerprint density at radius 2 is 1.76 bits per heavy atom. The zero-order valence-electron chi connectivity index (χ0n) is 15.5. The van der Waals surface area contributed by atoms with Crippen LogP contribution in [0.2, 0.25) is 0 Å². The van der Waals surface area contributed by atoms with Gasteiger partial charge in [-0.1, -0.05) is 18.2 Å². The summed E-state index contributed by atoms with van der Waals surface area (Å²) in [6.07, 6.45) is 1.82. The Morgan fingerprint density at radius 1 is 1.07 bits per heavy atom. The molecule has 5 nitrogen and oxygen atoms in total.